The molecule has 1 aromatic rings. The molecule has 0 aromatic heterocycles. The van der Waals surface area contributed by atoms with Crippen LogP contribution in [-0.4, -0.2) is 35.1 Å². The van der Waals surface area contributed by atoms with Crippen molar-refractivity contribution in [2.45, 2.75) is 6.42 Å². The van der Waals surface area contributed by atoms with Gasteiger partial charge in [-0.25, -0.2) is 4.79 Å². The number of hydrogen-bond donors (Lipinski definition) is 2. The van der Waals surface area contributed by atoms with Crippen LogP contribution in [0.1, 0.15) is 6.42 Å². The SMILES string of the molecule is O=C(O)CC1CN(C(=O)Nc2ccccc2)C1. The number of anilines is 1. The molecular formula is C12H14N2O3. The Labute approximate surface area is 99.0 Å². The van der Waals surface area contributed by atoms with Gasteiger partial charge < -0.3 is 15.3 Å². The molecule has 1 fully saturated rings. The van der Waals surface area contributed by atoms with Crippen LogP contribution in [0.5, 0.6) is 0 Å². The van der Waals surface area contributed by atoms with Crippen LogP contribution in [0.4, 0.5) is 10.5 Å². The van der Waals surface area contributed by atoms with Crippen LogP contribution in [0.3, 0.4) is 0 Å². The number of aliphatic carboxylic acids is 1. The Balaban J connectivity index is 1.78. The van der Waals surface area contributed by atoms with Gasteiger partial charge in [0, 0.05) is 24.7 Å². The molecule has 5 nitrogen and oxygen atoms in total. The first-order chi connectivity index (χ1) is 8.15. The number of rotatable bonds is 3. The number of para-hydroxylation sites is 1. The lowest BCUT2D eigenvalue weighted by atomic mass is 9.97. The number of nitrogens with one attached hydrogen (secondary N) is 1. The summed E-state index contributed by atoms with van der Waals surface area (Å²) < 4.78 is 0. The lowest BCUT2D eigenvalue weighted by Crippen LogP contribution is -2.52. The summed E-state index contributed by atoms with van der Waals surface area (Å²) in [5, 5.41) is 11.3. The number of likely N-dealkylation sites (tertiary alicyclic amines) is 1. The third kappa shape index (κ3) is 2.96. The van der Waals surface area contributed by atoms with Crippen molar-refractivity contribution in [1.29, 1.82) is 0 Å². The molecule has 1 aromatic carbocycles. The molecule has 2 N–H and O–H groups in total. The molecule has 1 aliphatic heterocycles. The van der Waals surface area contributed by atoms with Gasteiger partial charge in [-0.3, -0.25) is 4.79 Å². The molecular weight excluding hydrogens is 220 g/mol. The van der Waals surface area contributed by atoms with Gasteiger partial charge in [-0.15, -0.1) is 0 Å². The maximum Gasteiger partial charge on any atom is 0.321 e. The number of carbonyl (C=O) groups is 2. The molecule has 0 radical (unpaired) electrons. The second-order valence-corrected chi connectivity index (χ2v) is 4.17. The van der Waals surface area contributed by atoms with Crippen molar-refractivity contribution in [3.8, 4) is 0 Å². The van der Waals surface area contributed by atoms with E-state index in [9.17, 15) is 9.59 Å². The lowest BCUT2D eigenvalue weighted by Gasteiger charge is -2.38. The molecule has 0 unspecified atom stereocenters. The maximum absolute atomic E-state index is 11.7. The molecule has 1 saturated heterocycles. The van der Waals surface area contributed by atoms with Crippen molar-refractivity contribution < 1.29 is 14.7 Å². The second kappa shape index (κ2) is 4.86. The smallest absolute Gasteiger partial charge is 0.321 e. The van der Waals surface area contributed by atoms with E-state index in [1.54, 1.807) is 4.90 Å². The van der Waals surface area contributed by atoms with Gasteiger partial charge in [0.25, 0.3) is 0 Å². The minimum Gasteiger partial charge on any atom is -0.481 e. The van der Waals surface area contributed by atoms with E-state index in [-0.39, 0.29) is 18.4 Å². The number of carboxylic acids is 1. The van der Waals surface area contributed by atoms with E-state index in [0.717, 1.165) is 5.69 Å². The molecule has 0 atom stereocenters. The van der Waals surface area contributed by atoms with Crippen molar-refractivity contribution in [3.05, 3.63) is 30.3 Å². The van der Waals surface area contributed by atoms with Crippen molar-refractivity contribution >= 4 is 17.7 Å². The van der Waals surface area contributed by atoms with Crippen LogP contribution in [-0.2, 0) is 4.79 Å². The van der Waals surface area contributed by atoms with Gasteiger partial charge in [0.1, 0.15) is 0 Å². The average Bonchev–Trinajstić information content (AvgIpc) is 2.23. The monoisotopic (exact) mass is 234 g/mol. The summed E-state index contributed by atoms with van der Waals surface area (Å²) in [6, 6.07) is 9.02. The van der Waals surface area contributed by atoms with E-state index in [1.807, 2.05) is 30.3 Å². The molecule has 1 heterocycles. The number of hydrogen-bond acceptors (Lipinski definition) is 2. The van der Waals surface area contributed by atoms with E-state index >= 15 is 0 Å². The zero-order valence-corrected chi connectivity index (χ0v) is 9.30. The summed E-state index contributed by atoms with van der Waals surface area (Å²) >= 11 is 0. The van der Waals surface area contributed by atoms with Gasteiger partial charge in [0.15, 0.2) is 0 Å². The average molecular weight is 234 g/mol. The highest BCUT2D eigenvalue weighted by Crippen LogP contribution is 2.20. The Kier molecular flexibility index (Phi) is 3.27. The second-order valence-electron chi connectivity index (χ2n) is 4.17. The number of nitrogens with zero attached hydrogens (tertiary/aromatic N) is 1. The third-order valence-electron chi connectivity index (χ3n) is 2.73. The predicted molar refractivity (Wildman–Crippen MR) is 62.8 cm³/mol. The Bertz CT molecular complexity index is 413. The Morgan fingerprint density at radius 3 is 2.53 bits per heavy atom. The van der Waals surface area contributed by atoms with Gasteiger partial charge in [0.2, 0.25) is 0 Å². The van der Waals surface area contributed by atoms with E-state index in [4.69, 9.17) is 5.11 Å². The van der Waals surface area contributed by atoms with Gasteiger partial charge in [-0.05, 0) is 12.1 Å². The molecule has 0 aliphatic carbocycles. The summed E-state index contributed by atoms with van der Waals surface area (Å²) in [6.07, 6.45) is 0.134. The third-order valence-corrected chi connectivity index (χ3v) is 2.73. The largest absolute Gasteiger partial charge is 0.481 e. The topological polar surface area (TPSA) is 69.6 Å². The summed E-state index contributed by atoms with van der Waals surface area (Å²) in [4.78, 5) is 23.8. The molecule has 90 valence electrons. The van der Waals surface area contributed by atoms with Gasteiger partial charge in [-0.2, -0.15) is 0 Å². The standard InChI is InChI=1S/C12H14N2O3/c15-11(16)6-9-7-14(8-9)12(17)13-10-4-2-1-3-5-10/h1-5,9H,6-8H2,(H,13,17)(H,15,16). The van der Waals surface area contributed by atoms with Crippen LogP contribution in [0.25, 0.3) is 0 Å². The molecule has 2 rings (SSSR count). The predicted octanol–water partition coefficient (Wildman–Crippen LogP) is 1.62. The van der Waals surface area contributed by atoms with Gasteiger partial charge in [-0.1, -0.05) is 18.2 Å². The normalized spacial score (nSPS) is 15.2. The van der Waals surface area contributed by atoms with Crippen LogP contribution in [0, 0.1) is 5.92 Å². The highest BCUT2D eigenvalue weighted by Gasteiger charge is 2.31. The zero-order chi connectivity index (χ0) is 12.3. The summed E-state index contributed by atoms with van der Waals surface area (Å²) in [6.45, 7) is 1.04. The minimum atomic E-state index is -0.807. The van der Waals surface area contributed by atoms with Crippen molar-refractivity contribution in [2.24, 2.45) is 5.92 Å². The fourth-order valence-corrected chi connectivity index (χ4v) is 1.84. The molecule has 1 aliphatic rings. The minimum absolute atomic E-state index is 0.0917. The summed E-state index contributed by atoms with van der Waals surface area (Å²) in [7, 11) is 0. The van der Waals surface area contributed by atoms with Crippen molar-refractivity contribution in [3.63, 3.8) is 0 Å². The highest BCUT2D eigenvalue weighted by molar-refractivity contribution is 5.89. The number of amides is 2. The number of carbonyl (C=O) groups excluding carboxylic acids is 1. The Hall–Kier alpha value is -2.04. The molecule has 0 spiro atoms. The zero-order valence-electron chi connectivity index (χ0n) is 9.30. The number of benzene rings is 1. The fourth-order valence-electron chi connectivity index (χ4n) is 1.84. The lowest BCUT2D eigenvalue weighted by molar-refractivity contribution is -0.139. The van der Waals surface area contributed by atoms with Crippen LogP contribution < -0.4 is 5.32 Å². The first-order valence-corrected chi connectivity index (χ1v) is 5.48. The molecule has 0 saturated carbocycles. The molecule has 17 heavy (non-hydrogen) atoms. The Morgan fingerprint density at radius 2 is 1.94 bits per heavy atom. The number of carboxylic acid groups (broad SMARTS) is 1. The first kappa shape index (κ1) is 11.4. The quantitative estimate of drug-likeness (QED) is 0.835. The summed E-state index contributed by atoms with van der Waals surface area (Å²) in [5.74, 6) is -0.716. The van der Waals surface area contributed by atoms with E-state index < -0.39 is 5.97 Å². The van der Waals surface area contributed by atoms with E-state index in [2.05, 4.69) is 5.32 Å². The van der Waals surface area contributed by atoms with Crippen molar-refractivity contribution in [1.82, 2.24) is 4.90 Å². The van der Waals surface area contributed by atoms with Gasteiger partial charge in [0.05, 0.1) is 6.42 Å². The maximum atomic E-state index is 11.7. The van der Waals surface area contributed by atoms with Crippen LogP contribution in [0.15, 0.2) is 30.3 Å². The molecule has 0 bridgehead atoms. The van der Waals surface area contributed by atoms with E-state index in [1.165, 1.54) is 0 Å². The Morgan fingerprint density at radius 1 is 1.29 bits per heavy atom. The fraction of sp³-hybridized carbons (Fsp3) is 0.333. The highest BCUT2D eigenvalue weighted by atomic mass is 16.4. The van der Waals surface area contributed by atoms with Crippen LogP contribution in [0.2, 0.25) is 0 Å². The number of urea groups is 1. The van der Waals surface area contributed by atoms with E-state index in [0.29, 0.717) is 13.1 Å². The van der Waals surface area contributed by atoms with Crippen molar-refractivity contribution in [2.75, 3.05) is 18.4 Å². The molecule has 2 amide bonds. The van der Waals surface area contributed by atoms with Gasteiger partial charge >= 0.3 is 12.0 Å². The summed E-state index contributed by atoms with van der Waals surface area (Å²) in [5.41, 5.74) is 0.749. The van der Waals surface area contributed by atoms with Crippen LogP contribution >= 0.6 is 0 Å². The molecule has 5 heteroatoms. The first-order valence-electron chi connectivity index (χ1n) is 5.48.